The number of hydrogen-bond acceptors (Lipinski definition) is 4. The van der Waals surface area contributed by atoms with E-state index in [1.54, 1.807) is 16.8 Å². The van der Waals surface area contributed by atoms with Gasteiger partial charge in [-0.25, -0.2) is 23.2 Å². The Labute approximate surface area is 141 Å². The van der Waals surface area contributed by atoms with Gasteiger partial charge in [0.05, 0.1) is 10.6 Å². The molecule has 124 valence electrons. The minimum Gasteiger partial charge on any atom is -0.225 e. The van der Waals surface area contributed by atoms with Crippen LogP contribution >= 0.6 is 0 Å². The van der Waals surface area contributed by atoms with Gasteiger partial charge in [-0.3, -0.25) is 0 Å². The molecule has 24 heavy (non-hydrogen) atoms. The van der Waals surface area contributed by atoms with E-state index in [-0.39, 0.29) is 10.8 Å². The molecule has 0 unspecified atom stereocenters. The summed E-state index contributed by atoms with van der Waals surface area (Å²) < 4.78 is 24.6. The molecule has 0 aliphatic rings. The van der Waals surface area contributed by atoms with Crippen LogP contribution in [0.25, 0.3) is 17.1 Å². The molecule has 0 aliphatic heterocycles. The van der Waals surface area contributed by atoms with Crippen LogP contribution in [0.1, 0.15) is 25.6 Å². The Kier molecular flexibility index (Phi) is 4.21. The molecule has 0 atom stereocenters. The van der Waals surface area contributed by atoms with Gasteiger partial charge in [0.1, 0.15) is 0 Å². The Balaban J connectivity index is 2.13. The highest BCUT2D eigenvalue weighted by Crippen LogP contribution is 2.24. The zero-order valence-corrected chi connectivity index (χ0v) is 14.2. The largest absolute Gasteiger partial charge is 0.238 e. The summed E-state index contributed by atoms with van der Waals surface area (Å²) in [5.41, 5.74) is 1.66. The summed E-state index contributed by atoms with van der Waals surface area (Å²) in [6.45, 7) is 4.05. The third-order valence-corrected chi connectivity index (χ3v) is 4.51. The molecule has 0 saturated heterocycles. The van der Waals surface area contributed by atoms with Crippen LogP contribution in [0, 0.1) is 0 Å². The minimum atomic E-state index is -3.72. The number of nitrogens with two attached hydrogens (primary N) is 1. The number of hydrogen-bond donors (Lipinski definition) is 1. The number of nitrogens with zero attached hydrogens (tertiary/aromatic N) is 3. The Morgan fingerprint density at radius 1 is 1.00 bits per heavy atom. The number of para-hydroxylation sites is 1. The van der Waals surface area contributed by atoms with Gasteiger partial charge in [-0.05, 0) is 36.4 Å². The minimum absolute atomic E-state index is 0.0705. The number of primary sulfonamides is 1. The van der Waals surface area contributed by atoms with Crippen molar-refractivity contribution in [2.24, 2.45) is 5.14 Å². The van der Waals surface area contributed by atoms with Crippen molar-refractivity contribution in [3.05, 3.63) is 60.4 Å². The summed E-state index contributed by atoms with van der Waals surface area (Å²) in [5.74, 6) is 1.56. The van der Waals surface area contributed by atoms with E-state index in [0.29, 0.717) is 5.82 Å². The summed E-state index contributed by atoms with van der Waals surface area (Å²) in [7, 11) is -3.72. The van der Waals surface area contributed by atoms with E-state index in [2.05, 4.69) is 10.1 Å². The molecule has 1 heterocycles. The molecule has 3 rings (SSSR count). The normalized spacial score (nSPS) is 11.8. The first kappa shape index (κ1) is 16.4. The first-order valence-electron chi connectivity index (χ1n) is 7.52. The van der Waals surface area contributed by atoms with E-state index in [4.69, 9.17) is 5.14 Å². The number of aromatic nitrogens is 3. The van der Waals surface area contributed by atoms with Crippen LogP contribution in [0.3, 0.4) is 0 Å². The standard InChI is InChI=1S/C17H18N4O2S/c1-12(2)16-19-17(21(20-16)14-6-4-3-5-7-14)13-8-10-15(11-9-13)24(18,22)23/h3-12H,1-2H3,(H2,18,22,23). The Morgan fingerprint density at radius 2 is 1.62 bits per heavy atom. The van der Waals surface area contributed by atoms with Gasteiger partial charge < -0.3 is 0 Å². The SMILES string of the molecule is CC(C)c1nc(-c2ccc(S(N)(=O)=O)cc2)n(-c2ccccc2)n1. The predicted molar refractivity (Wildman–Crippen MR) is 92.3 cm³/mol. The molecule has 0 bridgehead atoms. The molecule has 0 saturated carbocycles. The van der Waals surface area contributed by atoms with Crippen molar-refractivity contribution >= 4 is 10.0 Å². The van der Waals surface area contributed by atoms with Crippen LogP contribution in [0.5, 0.6) is 0 Å². The summed E-state index contributed by atoms with van der Waals surface area (Å²) in [6.07, 6.45) is 0. The zero-order valence-electron chi connectivity index (χ0n) is 13.4. The second kappa shape index (κ2) is 6.18. The fourth-order valence-electron chi connectivity index (χ4n) is 2.30. The van der Waals surface area contributed by atoms with Crippen LogP contribution in [0.2, 0.25) is 0 Å². The van der Waals surface area contributed by atoms with Gasteiger partial charge in [0, 0.05) is 11.5 Å². The molecule has 3 aromatic rings. The lowest BCUT2D eigenvalue weighted by Crippen LogP contribution is -2.11. The highest BCUT2D eigenvalue weighted by Gasteiger charge is 2.16. The van der Waals surface area contributed by atoms with Gasteiger partial charge in [0.25, 0.3) is 0 Å². The molecule has 0 radical (unpaired) electrons. The van der Waals surface area contributed by atoms with E-state index in [0.717, 1.165) is 17.1 Å². The van der Waals surface area contributed by atoms with Crippen molar-refractivity contribution in [2.75, 3.05) is 0 Å². The fraction of sp³-hybridized carbons (Fsp3) is 0.176. The van der Waals surface area contributed by atoms with Crippen LogP contribution < -0.4 is 5.14 Å². The lowest BCUT2D eigenvalue weighted by Gasteiger charge is -2.06. The molecule has 2 N–H and O–H groups in total. The summed E-state index contributed by atoms with van der Waals surface area (Å²) in [4.78, 5) is 4.69. The van der Waals surface area contributed by atoms with Crippen molar-refractivity contribution in [1.82, 2.24) is 14.8 Å². The summed E-state index contributed by atoms with van der Waals surface area (Å²) >= 11 is 0. The quantitative estimate of drug-likeness (QED) is 0.789. The maximum atomic E-state index is 11.4. The van der Waals surface area contributed by atoms with E-state index >= 15 is 0 Å². The van der Waals surface area contributed by atoms with Gasteiger partial charge in [0.2, 0.25) is 10.0 Å². The van der Waals surface area contributed by atoms with E-state index in [1.807, 2.05) is 44.2 Å². The molecule has 0 spiro atoms. The third kappa shape index (κ3) is 3.22. The highest BCUT2D eigenvalue weighted by atomic mass is 32.2. The van der Waals surface area contributed by atoms with Gasteiger partial charge in [0.15, 0.2) is 11.6 Å². The highest BCUT2D eigenvalue weighted by molar-refractivity contribution is 7.89. The Morgan fingerprint density at radius 3 is 2.17 bits per heavy atom. The third-order valence-electron chi connectivity index (χ3n) is 3.58. The number of sulfonamides is 1. The Bertz CT molecular complexity index is 946. The molecule has 0 aliphatic carbocycles. The lowest BCUT2D eigenvalue weighted by atomic mass is 10.2. The van der Waals surface area contributed by atoms with Crippen molar-refractivity contribution in [1.29, 1.82) is 0 Å². The molecule has 1 aromatic heterocycles. The molecule has 0 amide bonds. The van der Waals surface area contributed by atoms with E-state index < -0.39 is 10.0 Å². The Hall–Kier alpha value is -2.51. The maximum Gasteiger partial charge on any atom is 0.238 e. The van der Waals surface area contributed by atoms with Gasteiger partial charge in [-0.2, -0.15) is 5.10 Å². The lowest BCUT2D eigenvalue weighted by molar-refractivity contribution is 0.598. The molecule has 6 nitrogen and oxygen atoms in total. The van der Waals surface area contributed by atoms with Crippen LogP contribution in [-0.4, -0.2) is 23.2 Å². The summed E-state index contributed by atoms with van der Waals surface area (Å²) in [6, 6.07) is 16.0. The molecule has 7 heteroatoms. The fourth-order valence-corrected chi connectivity index (χ4v) is 2.82. The second-order valence-electron chi connectivity index (χ2n) is 5.77. The molecular weight excluding hydrogens is 324 g/mol. The number of benzene rings is 2. The van der Waals surface area contributed by atoms with Crippen molar-refractivity contribution in [3.63, 3.8) is 0 Å². The average molecular weight is 342 g/mol. The van der Waals surface area contributed by atoms with Gasteiger partial charge >= 0.3 is 0 Å². The molecule has 2 aromatic carbocycles. The van der Waals surface area contributed by atoms with Gasteiger partial charge in [-0.15, -0.1) is 0 Å². The van der Waals surface area contributed by atoms with Crippen LogP contribution in [-0.2, 0) is 10.0 Å². The first-order chi connectivity index (χ1) is 11.4. The summed E-state index contributed by atoms with van der Waals surface area (Å²) in [5, 5.41) is 9.74. The average Bonchev–Trinajstić information content (AvgIpc) is 3.00. The second-order valence-corrected chi connectivity index (χ2v) is 7.33. The van der Waals surface area contributed by atoms with Crippen molar-refractivity contribution in [3.8, 4) is 17.1 Å². The monoisotopic (exact) mass is 342 g/mol. The zero-order chi connectivity index (χ0) is 17.3. The van der Waals surface area contributed by atoms with Crippen LogP contribution in [0.15, 0.2) is 59.5 Å². The maximum absolute atomic E-state index is 11.4. The van der Waals surface area contributed by atoms with Crippen molar-refractivity contribution in [2.45, 2.75) is 24.7 Å². The van der Waals surface area contributed by atoms with Crippen LogP contribution in [0.4, 0.5) is 0 Å². The van der Waals surface area contributed by atoms with E-state index in [9.17, 15) is 8.42 Å². The molecular formula is C17H18N4O2S. The molecule has 0 fully saturated rings. The predicted octanol–water partition coefficient (Wildman–Crippen LogP) is 2.71. The van der Waals surface area contributed by atoms with Gasteiger partial charge in [-0.1, -0.05) is 32.0 Å². The number of rotatable bonds is 4. The van der Waals surface area contributed by atoms with E-state index in [1.165, 1.54) is 12.1 Å². The van der Waals surface area contributed by atoms with Crippen molar-refractivity contribution < 1.29 is 8.42 Å². The first-order valence-corrected chi connectivity index (χ1v) is 9.06. The smallest absolute Gasteiger partial charge is 0.225 e. The topological polar surface area (TPSA) is 90.9 Å².